The Morgan fingerprint density at radius 1 is 1.22 bits per heavy atom. The highest BCUT2D eigenvalue weighted by atomic mass is 16.3. The molecule has 2 nitrogen and oxygen atoms in total. The van der Waals surface area contributed by atoms with Gasteiger partial charge in [0.2, 0.25) is 0 Å². The summed E-state index contributed by atoms with van der Waals surface area (Å²) in [5.41, 5.74) is 2.64. The third kappa shape index (κ3) is 3.47. The number of hydrogen-bond acceptors (Lipinski definition) is 2. The van der Waals surface area contributed by atoms with E-state index >= 15 is 0 Å². The molecule has 0 aliphatic carbocycles. The number of benzene rings is 1. The van der Waals surface area contributed by atoms with E-state index in [1.165, 1.54) is 11.1 Å². The van der Waals surface area contributed by atoms with Crippen molar-refractivity contribution in [3.63, 3.8) is 0 Å². The summed E-state index contributed by atoms with van der Waals surface area (Å²) in [6.07, 6.45) is 4.05. The molecule has 1 atom stereocenters. The van der Waals surface area contributed by atoms with Crippen molar-refractivity contribution in [1.29, 1.82) is 0 Å². The molecule has 0 fully saturated rings. The van der Waals surface area contributed by atoms with Crippen LogP contribution in [0.15, 0.2) is 47.1 Å². The van der Waals surface area contributed by atoms with Crippen molar-refractivity contribution < 1.29 is 4.42 Å². The molecule has 0 saturated heterocycles. The lowest BCUT2D eigenvalue weighted by molar-refractivity contribution is 0.495. The summed E-state index contributed by atoms with van der Waals surface area (Å²) in [6, 6.07) is 13.1. The minimum atomic E-state index is 0.382. The summed E-state index contributed by atoms with van der Waals surface area (Å²) in [5.74, 6) is 0.979. The summed E-state index contributed by atoms with van der Waals surface area (Å²) < 4.78 is 5.40. The molecule has 0 bridgehead atoms. The van der Waals surface area contributed by atoms with Crippen molar-refractivity contribution in [3.8, 4) is 0 Å². The number of aryl methyl sites for hydroxylation is 2. The van der Waals surface area contributed by atoms with Crippen LogP contribution in [-0.2, 0) is 6.42 Å². The molecule has 2 heteroatoms. The second kappa shape index (κ2) is 6.41. The Bertz CT molecular complexity index is 461. The van der Waals surface area contributed by atoms with Crippen LogP contribution in [-0.4, -0.2) is 6.54 Å². The standard InChI is InChI=1S/C16H21NO/c1-3-17-16(15-11-13(2)18-12-15)10-9-14-7-5-4-6-8-14/h4-8,11-12,16-17H,3,9-10H2,1-2H3. The molecule has 1 aromatic heterocycles. The van der Waals surface area contributed by atoms with E-state index in [9.17, 15) is 0 Å². The quantitative estimate of drug-likeness (QED) is 0.833. The molecule has 0 saturated carbocycles. The maximum Gasteiger partial charge on any atom is 0.101 e. The molecule has 18 heavy (non-hydrogen) atoms. The van der Waals surface area contributed by atoms with Crippen LogP contribution in [0.2, 0.25) is 0 Å². The third-order valence-corrected chi connectivity index (χ3v) is 3.17. The zero-order valence-electron chi connectivity index (χ0n) is 11.1. The fourth-order valence-electron chi connectivity index (χ4n) is 2.24. The molecule has 2 rings (SSSR count). The number of furan rings is 1. The van der Waals surface area contributed by atoms with Gasteiger partial charge in [-0.15, -0.1) is 0 Å². The zero-order chi connectivity index (χ0) is 12.8. The van der Waals surface area contributed by atoms with Crippen LogP contribution >= 0.6 is 0 Å². The molecule has 1 N–H and O–H groups in total. The Morgan fingerprint density at radius 3 is 2.61 bits per heavy atom. The molecule has 1 unspecified atom stereocenters. The fraction of sp³-hybridized carbons (Fsp3) is 0.375. The van der Waals surface area contributed by atoms with Crippen LogP contribution in [0, 0.1) is 6.92 Å². The molecule has 0 aliphatic rings. The van der Waals surface area contributed by atoms with Gasteiger partial charge in [-0.05, 0) is 37.9 Å². The van der Waals surface area contributed by atoms with Crippen molar-refractivity contribution in [1.82, 2.24) is 5.32 Å². The molecule has 1 heterocycles. The van der Waals surface area contributed by atoms with Gasteiger partial charge in [0.1, 0.15) is 5.76 Å². The van der Waals surface area contributed by atoms with Gasteiger partial charge in [0, 0.05) is 11.6 Å². The highest BCUT2D eigenvalue weighted by Crippen LogP contribution is 2.21. The van der Waals surface area contributed by atoms with Crippen molar-refractivity contribution in [2.24, 2.45) is 0 Å². The summed E-state index contributed by atoms with van der Waals surface area (Å²) in [6.45, 7) is 5.11. The Morgan fingerprint density at radius 2 is 2.00 bits per heavy atom. The van der Waals surface area contributed by atoms with Gasteiger partial charge >= 0.3 is 0 Å². The zero-order valence-corrected chi connectivity index (χ0v) is 11.1. The first-order chi connectivity index (χ1) is 8.79. The Hall–Kier alpha value is -1.54. The Labute approximate surface area is 109 Å². The van der Waals surface area contributed by atoms with E-state index in [-0.39, 0.29) is 0 Å². The highest BCUT2D eigenvalue weighted by Gasteiger charge is 2.12. The first kappa shape index (κ1) is 12.9. The Kier molecular flexibility index (Phi) is 4.59. The van der Waals surface area contributed by atoms with E-state index in [2.05, 4.69) is 48.6 Å². The summed E-state index contributed by atoms with van der Waals surface area (Å²) in [7, 11) is 0. The van der Waals surface area contributed by atoms with Crippen LogP contribution < -0.4 is 5.32 Å². The topological polar surface area (TPSA) is 25.2 Å². The maximum atomic E-state index is 5.40. The van der Waals surface area contributed by atoms with E-state index in [1.54, 1.807) is 0 Å². The average molecular weight is 243 g/mol. The SMILES string of the molecule is CCNC(CCc1ccccc1)c1coc(C)c1. The molecule has 96 valence electrons. The van der Waals surface area contributed by atoms with Gasteiger partial charge in [-0.3, -0.25) is 0 Å². The van der Waals surface area contributed by atoms with Crippen LogP contribution in [0.3, 0.4) is 0 Å². The Balaban J connectivity index is 1.98. The van der Waals surface area contributed by atoms with E-state index in [0.29, 0.717) is 6.04 Å². The number of rotatable bonds is 6. The largest absolute Gasteiger partial charge is 0.469 e. The molecular formula is C16H21NO. The highest BCUT2D eigenvalue weighted by molar-refractivity contribution is 5.19. The summed E-state index contributed by atoms with van der Waals surface area (Å²) in [5, 5.41) is 3.52. The smallest absolute Gasteiger partial charge is 0.101 e. The fourth-order valence-corrected chi connectivity index (χ4v) is 2.24. The lowest BCUT2D eigenvalue weighted by Gasteiger charge is -2.16. The summed E-state index contributed by atoms with van der Waals surface area (Å²) in [4.78, 5) is 0. The minimum absolute atomic E-state index is 0.382. The van der Waals surface area contributed by atoms with Crippen molar-refractivity contribution in [2.75, 3.05) is 6.54 Å². The summed E-state index contributed by atoms with van der Waals surface area (Å²) >= 11 is 0. The van der Waals surface area contributed by atoms with E-state index < -0.39 is 0 Å². The van der Waals surface area contributed by atoms with Gasteiger partial charge < -0.3 is 9.73 Å². The van der Waals surface area contributed by atoms with Crippen LogP contribution in [0.1, 0.15) is 36.3 Å². The van der Waals surface area contributed by atoms with Gasteiger partial charge in [-0.2, -0.15) is 0 Å². The minimum Gasteiger partial charge on any atom is -0.469 e. The number of hydrogen-bond donors (Lipinski definition) is 1. The second-order valence-corrected chi connectivity index (χ2v) is 4.63. The number of nitrogens with one attached hydrogen (secondary N) is 1. The predicted octanol–water partition coefficient (Wildman–Crippen LogP) is 3.87. The van der Waals surface area contributed by atoms with Gasteiger partial charge in [0.25, 0.3) is 0 Å². The predicted molar refractivity (Wildman–Crippen MR) is 74.6 cm³/mol. The molecule has 0 spiro atoms. The van der Waals surface area contributed by atoms with E-state index in [4.69, 9.17) is 4.42 Å². The maximum absolute atomic E-state index is 5.40. The van der Waals surface area contributed by atoms with Gasteiger partial charge in [-0.25, -0.2) is 0 Å². The van der Waals surface area contributed by atoms with Crippen LogP contribution in [0.5, 0.6) is 0 Å². The van der Waals surface area contributed by atoms with Crippen molar-refractivity contribution in [2.45, 2.75) is 32.7 Å². The van der Waals surface area contributed by atoms with Crippen molar-refractivity contribution >= 4 is 0 Å². The lowest BCUT2D eigenvalue weighted by atomic mass is 10.0. The second-order valence-electron chi connectivity index (χ2n) is 4.63. The molecule has 2 aromatic rings. The molecule has 1 aromatic carbocycles. The normalized spacial score (nSPS) is 12.6. The molecule has 0 aliphatic heterocycles. The first-order valence-electron chi connectivity index (χ1n) is 6.62. The molecule has 0 radical (unpaired) electrons. The third-order valence-electron chi connectivity index (χ3n) is 3.17. The lowest BCUT2D eigenvalue weighted by Crippen LogP contribution is -2.21. The van der Waals surface area contributed by atoms with Gasteiger partial charge in [0.15, 0.2) is 0 Å². The van der Waals surface area contributed by atoms with E-state index in [0.717, 1.165) is 25.1 Å². The average Bonchev–Trinajstić information content (AvgIpc) is 2.82. The van der Waals surface area contributed by atoms with Gasteiger partial charge in [-0.1, -0.05) is 37.3 Å². The monoisotopic (exact) mass is 243 g/mol. The van der Waals surface area contributed by atoms with Crippen LogP contribution in [0.25, 0.3) is 0 Å². The molecule has 0 amide bonds. The van der Waals surface area contributed by atoms with E-state index in [1.807, 2.05) is 13.2 Å². The molecular weight excluding hydrogens is 222 g/mol. The van der Waals surface area contributed by atoms with Gasteiger partial charge in [0.05, 0.1) is 6.26 Å². The van der Waals surface area contributed by atoms with Crippen LogP contribution in [0.4, 0.5) is 0 Å². The van der Waals surface area contributed by atoms with Crippen molar-refractivity contribution in [3.05, 3.63) is 59.5 Å². The first-order valence-corrected chi connectivity index (χ1v) is 6.62.